The number of benzene rings is 1. The van der Waals surface area contributed by atoms with E-state index in [-0.39, 0.29) is 5.91 Å². The predicted octanol–water partition coefficient (Wildman–Crippen LogP) is 2.00. The molecule has 1 saturated heterocycles. The zero-order chi connectivity index (χ0) is 16.7. The maximum absolute atomic E-state index is 11.5. The third-order valence-corrected chi connectivity index (χ3v) is 3.92. The van der Waals surface area contributed by atoms with Crippen LogP contribution in [0.3, 0.4) is 0 Å². The number of hydrogen-bond acceptors (Lipinski definition) is 4. The van der Waals surface area contributed by atoms with Crippen molar-refractivity contribution in [2.24, 2.45) is 0 Å². The molecule has 0 spiro atoms. The summed E-state index contributed by atoms with van der Waals surface area (Å²) in [5.41, 5.74) is 0.799. The van der Waals surface area contributed by atoms with Crippen LogP contribution in [-0.2, 0) is 4.79 Å². The molecule has 2 rings (SSSR count). The highest BCUT2D eigenvalue weighted by atomic mass is 32.1. The number of hydrogen-bond donors (Lipinski definition) is 2. The lowest BCUT2D eigenvalue weighted by molar-refractivity contribution is -0.127. The van der Waals surface area contributed by atoms with Gasteiger partial charge < -0.3 is 25.0 Å². The Bertz CT molecular complexity index is 543. The summed E-state index contributed by atoms with van der Waals surface area (Å²) in [6, 6.07) is 5.49. The van der Waals surface area contributed by atoms with E-state index in [2.05, 4.69) is 10.6 Å². The van der Waals surface area contributed by atoms with Crippen LogP contribution in [0.2, 0.25) is 0 Å². The van der Waals surface area contributed by atoms with Gasteiger partial charge in [0.15, 0.2) is 5.11 Å². The van der Waals surface area contributed by atoms with E-state index in [1.165, 1.54) is 0 Å². The van der Waals surface area contributed by atoms with Crippen LogP contribution in [0.1, 0.15) is 19.3 Å². The van der Waals surface area contributed by atoms with Gasteiger partial charge in [-0.1, -0.05) is 0 Å². The quantitative estimate of drug-likeness (QED) is 0.586. The Morgan fingerprint density at radius 3 is 2.52 bits per heavy atom. The molecule has 1 aromatic rings. The van der Waals surface area contributed by atoms with E-state index in [0.717, 1.165) is 38.2 Å². The van der Waals surface area contributed by atoms with Crippen molar-refractivity contribution in [3.63, 3.8) is 0 Å². The number of thiocarbonyl (C=S) groups is 1. The van der Waals surface area contributed by atoms with Gasteiger partial charge >= 0.3 is 0 Å². The van der Waals surface area contributed by atoms with Crippen LogP contribution in [0.4, 0.5) is 5.69 Å². The Balaban J connectivity index is 1.75. The lowest BCUT2D eigenvalue weighted by Crippen LogP contribution is -2.32. The Morgan fingerprint density at radius 2 is 1.96 bits per heavy atom. The molecule has 1 fully saturated rings. The van der Waals surface area contributed by atoms with Gasteiger partial charge in [0.25, 0.3) is 0 Å². The smallest absolute Gasteiger partial charge is 0.222 e. The molecule has 0 aliphatic carbocycles. The van der Waals surface area contributed by atoms with E-state index in [9.17, 15) is 4.79 Å². The maximum atomic E-state index is 11.5. The van der Waals surface area contributed by atoms with Crippen molar-refractivity contribution in [2.75, 3.05) is 39.2 Å². The fraction of sp³-hybridized carbons (Fsp3) is 0.500. The minimum Gasteiger partial charge on any atom is -0.497 e. The normalized spacial score (nSPS) is 13.8. The predicted molar refractivity (Wildman–Crippen MR) is 94.2 cm³/mol. The van der Waals surface area contributed by atoms with Gasteiger partial charge in [-0.25, -0.2) is 0 Å². The molecule has 0 radical (unpaired) electrons. The van der Waals surface area contributed by atoms with Crippen LogP contribution in [0.15, 0.2) is 18.2 Å². The van der Waals surface area contributed by atoms with Crippen molar-refractivity contribution in [3.8, 4) is 11.5 Å². The molecule has 23 heavy (non-hydrogen) atoms. The standard InChI is InChI=1S/C16H23N3O3S/c1-21-13-9-12(10-14(11-13)22-2)18-16(23)17-6-4-8-19-7-3-5-15(19)20/h9-11H,3-8H2,1-2H3,(H2,17,18,23). The molecule has 126 valence electrons. The summed E-state index contributed by atoms with van der Waals surface area (Å²) >= 11 is 5.28. The van der Waals surface area contributed by atoms with Crippen molar-refractivity contribution in [3.05, 3.63) is 18.2 Å². The van der Waals surface area contributed by atoms with Gasteiger partial charge in [0, 0.05) is 49.9 Å². The molecule has 1 amide bonds. The Kier molecular flexibility index (Phi) is 6.46. The molecule has 1 aromatic carbocycles. The second-order valence-electron chi connectivity index (χ2n) is 5.32. The molecule has 1 aliphatic heterocycles. The zero-order valence-electron chi connectivity index (χ0n) is 13.6. The molecular weight excluding hydrogens is 314 g/mol. The minimum absolute atomic E-state index is 0.258. The average molecular weight is 337 g/mol. The molecule has 7 heteroatoms. The molecule has 6 nitrogen and oxygen atoms in total. The highest BCUT2D eigenvalue weighted by Gasteiger charge is 2.18. The summed E-state index contributed by atoms with van der Waals surface area (Å²) in [5.74, 6) is 1.65. The molecule has 0 atom stereocenters. The lowest BCUT2D eigenvalue weighted by Gasteiger charge is -2.16. The van der Waals surface area contributed by atoms with Crippen LogP contribution >= 0.6 is 12.2 Å². The summed E-state index contributed by atoms with van der Waals surface area (Å²) in [7, 11) is 3.21. The molecular formula is C16H23N3O3S. The van der Waals surface area contributed by atoms with Gasteiger partial charge in [0.2, 0.25) is 5.91 Å². The highest BCUT2D eigenvalue weighted by molar-refractivity contribution is 7.80. The van der Waals surface area contributed by atoms with E-state index in [0.29, 0.717) is 23.0 Å². The summed E-state index contributed by atoms with van der Waals surface area (Å²) in [5, 5.41) is 6.79. The number of likely N-dealkylation sites (tertiary alicyclic amines) is 1. The number of methoxy groups -OCH3 is 2. The van der Waals surface area contributed by atoms with Crippen LogP contribution in [-0.4, -0.2) is 49.8 Å². The summed E-state index contributed by atoms with van der Waals surface area (Å²) < 4.78 is 10.4. The van der Waals surface area contributed by atoms with Crippen molar-refractivity contribution in [1.82, 2.24) is 10.2 Å². The molecule has 0 bridgehead atoms. The molecule has 0 unspecified atom stereocenters. The molecule has 2 N–H and O–H groups in total. The second-order valence-corrected chi connectivity index (χ2v) is 5.73. The van der Waals surface area contributed by atoms with Gasteiger partial charge in [-0.2, -0.15) is 0 Å². The van der Waals surface area contributed by atoms with Crippen LogP contribution in [0, 0.1) is 0 Å². The number of amides is 1. The monoisotopic (exact) mass is 337 g/mol. The first-order chi connectivity index (χ1) is 11.1. The van der Waals surface area contributed by atoms with Gasteiger partial charge in [0.1, 0.15) is 11.5 Å². The lowest BCUT2D eigenvalue weighted by atomic mass is 10.3. The Hall–Kier alpha value is -2.02. The Morgan fingerprint density at radius 1 is 1.26 bits per heavy atom. The minimum atomic E-state index is 0.258. The van der Waals surface area contributed by atoms with Gasteiger partial charge in [0.05, 0.1) is 14.2 Å². The number of rotatable bonds is 7. The fourth-order valence-corrected chi connectivity index (χ4v) is 2.69. The zero-order valence-corrected chi connectivity index (χ0v) is 14.4. The maximum Gasteiger partial charge on any atom is 0.222 e. The first-order valence-electron chi connectivity index (χ1n) is 7.68. The third-order valence-electron chi connectivity index (χ3n) is 3.67. The number of nitrogens with one attached hydrogen (secondary N) is 2. The summed E-state index contributed by atoms with van der Waals surface area (Å²) in [6.07, 6.45) is 2.53. The molecule has 0 aromatic heterocycles. The third kappa shape index (κ3) is 5.28. The number of nitrogens with zero attached hydrogens (tertiary/aromatic N) is 1. The molecule has 1 heterocycles. The van der Waals surface area contributed by atoms with E-state index >= 15 is 0 Å². The van der Waals surface area contributed by atoms with Crippen LogP contribution < -0.4 is 20.1 Å². The number of carbonyl (C=O) groups excluding carboxylic acids is 1. The average Bonchev–Trinajstić information content (AvgIpc) is 2.96. The summed E-state index contributed by atoms with van der Waals surface area (Å²) in [6.45, 7) is 2.38. The second kappa shape index (κ2) is 8.57. The number of carbonyl (C=O) groups is 1. The largest absolute Gasteiger partial charge is 0.497 e. The van der Waals surface area contributed by atoms with Crippen LogP contribution in [0.5, 0.6) is 11.5 Å². The van der Waals surface area contributed by atoms with Gasteiger partial charge in [-0.15, -0.1) is 0 Å². The topological polar surface area (TPSA) is 62.8 Å². The van der Waals surface area contributed by atoms with E-state index < -0.39 is 0 Å². The van der Waals surface area contributed by atoms with Crippen molar-refractivity contribution >= 4 is 28.9 Å². The van der Waals surface area contributed by atoms with Crippen molar-refractivity contribution < 1.29 is 14.3 Å². The SMILES string of the molecule is COc1cc(NC(=S)NCCCN2CCCC2=O)cc(OC)c1. The van der Waals surface area contributed by atoms with E-state index in [4.69, 9.17) is 21.7 Å². The first kappa shape index (κ1) is 17.3. The highest BCUT2D eigenvalue weighted by Crippen LogP contribution is 2.25. The van der Waals surface area contributed by atoms with Gasteiger partial charge in [-0.3, -0.25) is 4.79 Å². The van der Waals surface area contributed by atoms with Crippen molar-refractivity contribution in [1.29, 1.82) is 0 Å². The van der Waals surface area contributed by atoms with E-state index in [1.807, 2.05) is 17.0 Å². The Labute approximate surface area is 142 Å². The molecule has 0 saturated carbocycles. The summed E-state index contributed by atoms with van der Waals surface area (Å²) in [4.78, 5) is 13.4. The molecule has 1 aliphatic rings. The number of anilines is 1. The fourth-order valence-electron chi connectivity index (χ4n) is 2.47. The van der Waals surface area contributed by atoms with Crippen LogP contribution in [0.25, 0.3) is 0 Å². The first-order valence-corrected chi connectivity index (χ1v) is 8.09. The van der Waals surface area contributed by atoms with Gasteiger partial charge in [-0.05, 0) is 25.1 Å². The van der Waals surface area contributed by atoms with E-state index in [1.54, 1.807) is 20.3 Å². The number of ether oxygens (including phenoxy) is 2. The van der Waals surface area contributed by atoms with Crippen molar-refractivity contribution in [2.45, 2.75) is 19.3 Å².